The van der Waals surface area contributed by atoms with Gasteiger partial charge >= 0.3 is 0 Å². The number of piperazine rings is 1. The lowest BCUT2D eigenvalue weighted by atomic mass is 10.2. The number of carbonyl (C=O) groups is 1. The van der Waals surface area contributed by atoms with Crippen molar-refractivity contribution in [3.63, 3.8) is 0 Å². The number of nitrogens with zero attached hydrogens (tertiary/aromatic N) is 8. The molecule has 1 saturated heterocycles. The molecule has 0 spiro atoms. The fourth-order valence-corrected chi connectivity index (χ4v) is 3.92. The molecule has 11 heteroatoms. The molecule has 5 rings (SSSR count). The lowest BCUT2D eigenvalue weighted by Gasteiger charge is -2.34. The van der Waals surface area contributed by atoms with E-state index in [9.17, 15) is 4.79 Å². The van der Waals surface area contributed by atoms with Gasteiger partial charge in [-0.25, -0.2) is 9.67 Å². The Labute approximate surface area is 169 Å². The van der Waals surface area contributed by atoms with Crippen LogP contribution < -0.4 is 4.90 Å². The first-order chi connectivity index (χ1) is 14.3. The summed E-state index contributed by atoms with van der Waals surface area (Å²) in [4.78, 5) is 21.7. The van der Waals surface area contributed by atoms with Crippen molar-refractivity contribution < 1.29 is 4.79 Å². The number of anilines is 1. The second kappa shape index (κ2) is 7.43. The van der Waals surface area contributed by atoms with E-state index < -0.39 is 0 Å². The van der Waals surface area contributed by atoms with Crippen LogP contribution in [0.2, 0.25) is 0 Å². The van der Waals surface area contributed by atoms with Gasteiger partial charge in [0, 0.05) is 26.2 Å². The van der Waals surface area contributed by atoms with Crippen molar-refractivity contribution >= 4 is 23.1 Å². The van der Waals surface area contributed by atoms with Crippen molar-refractivity contribution in [2.45, 2.75) is 0 Å². The van der Waals surface area contributed by atoms with Crippen LogP contribution in [0.25, 0.3) is 16.4 Å². The first kappa shape index (κ1) is 17.5. The monoisotopic (exact) mass is 407 g/mol. The molecule has 1 fully saturated rings. The Morgan fingerprint density at radius 3 is 2.59 bits per heavy atom. The maximum absolute atomic E-state index is 12.8. The number of aromatic amines is 1. The highest BCUT2D eigenvalue weighted by Crippen LogP contribution is 2.23. The molecule has 0 radical (unpaired) electrons. The third-order valence-corrected chi connectivity index (χ3v) is 5.67. The van der Waals surface area contributed by atoms with E-state index in [1.807, 2.05) is 40.6 Å². The van der Waals surface area contributed by atoms with Crippen molar-refractivity contribution in [3.8, 4) is 16.4 Å². The maximum Gasteiger partial charge on any atom is 0.274 e. The summed E-state index contributed by atoms with van der Waals surface area (Å²) < 4.78 is 1.56. The molecule has 1 aliphatic rings. The van der Waals surface area contributed by atoms with Crippen LogP contribution in [0.3, 0.4) is 0 Å². The van der Waals surface area contributed by atoms with E-state index in [1.54, 1.807) is 22.3 Å². The minimum Gasteiger partial charge on any atom is -0.352 e. The third kappa shape index (κ3) is 3.47. The van der Waals surface area contributed by atoms with E-state index in [0.29, 0.717) is 37.7 Å². The fourth-order valence-electron chi connectivity index (χ4n) is 3.23. The van der Waals surface area contributed by atoms with Crippen molar-refractivity contribution in [2.24, 2.45) is 0 Å². The van der Waals surface area contributed by atoms with Crippen LogP contribution in [0.1, 0.15) is 10.5 Å². The van der Waals surface area contributed by atoms with Crippen LogP contribution in [0.5, 0.6) is 0 Å². The zero-order chi connectivity index (χ0) is 19.6. The molecule has 0 aliphatic carbocycles. The highest BCUT2D eigenvalue weighted by molar-refractivity contribution is 7.13. The quantitative estimate of drug-likeness (QED) is 0.546. The van der Waals surface area contributed by atoms with Gasteiger partial charge in [0.05, 0.1) is 10.6 Å². The number of H-pyrrole nitrogens is 1. The van der Waals surface area contributed by atoms with E-state index in [2.05, 4.69) is 35.4 Å². The van der Waals surface area contributed by atoms with Crippen molar-refractivity contribution in [3.05, 3.63) is 54.1 Å². The average molecular weight is 407 g/mol. The predicted octanol–water partition coefficient (Wildman–Crippen LogP) is 1.47. The Hall–Kier alpha value is -3.60. The molecule has 1 aliphatic heterocycles. The van der Waals surface area contributed by atoms with Crippen LogP contribution in [-0.2, 0) is 0 Å². The standard InChI is InChI=1S/C18H17N9OS/c28-18(14-10-13(21-22-14)15-2-1-9-29-15)26-7-5-25(6-8-26)16-3-4-17(24-23-16)27-12-19-11-20-27/h1-4,9-12H,5-8H2,(H,21,22). The van der Waals surface area contributed by atoms with Crippen molar-refractivity contribution in [1.29, 1.82) is 0 Å². The molecular weight excluding hydrogens is 390 g/mol. The van der Waals surface area contributed by atoms with E-state index in [4.69, 9.17) is 0 Å². The summed E-state index contributed by atoms with van der Waals surface area (Å²) in [6.07, 6.45) is 3.03. The number of hydrogen-bond acceptors (Lipinski definition) is 8. The SMILES string of the molecule is O=C(c1cc(-c2cccs2)[nH]n1)N1CCN(c2ccc(-n3cncn3)nn2)CC1. The Morgan fingerprint density at radius 2 is 1.90 bits per heavy atom. The highest BCUT2D eigenvalue weighted by Gasteiger charge is 2.25. The van der Waals surface area contributed by atoms with Gasteiger partial charge in [-0.1, -0.05) is 6.07 Å². The predicted molar refractivity (Wildman–Crippen MR) is 107 cm³/mol. The zero-order valence-corrected chi connectivity index (χ0v) is 16.2. The van der Waals surface area contributed by atoms with Gasteiger partial charge in [0.1, 0.15) is 12.7 Å². The van der Waals surface area contributed by atoms with E-state index in [0.717, 1.165) is 16.4 Å². The van der Waals surface area contributed by atoms with Crippen LogP contribution in [0, 0.1) is 0 Å². The number of thiophene rings is 1. The average Bonchev–Trinajstić information content (AvgIpc) is 3.55. The van der Waals surface area contributed by atoms with Crippen molar-refractivity contribution in [1.82, 2.24) is 40.1 Å². The molecule has 0 saturated carbocycles. The largest absolute Gasteiger partial charge is 0.352 e. The molecule has 5 heterocycles. The van der Waals surface area contributed by atoms with Gasteiger partial charge in [0.15, 0.2) is 17.3 Å². The number of carbonyl (C=O) groups excluding carboxylic acids is 1. The summed E-state index contributed by atoms with van der Waals surface area (Å²) in [5.41, 5.74) is 1.31. The minimum absolute atomic E-state index is 0.0590. The number of hydrogen-bond donors (Lipinski definition) is 1. The highest BCUT2D eigenvalue weighted by atomic mass is 32.1. The van der Waals surface area contributed by atoms with Gasteiger partial charge in [-0.3, -0.25) is 9.89 Å². The first-order valence-electron chi connectivity index (χ1n) is 9.10. The van der Waals surface area contributed by atoms with Gasteiger partial charge in [-0.2, -0.15) is 10.2 Å². The molecule has 10 nitrogen and oxygen atoms in total. The van der Waals surface area contributed by atoms with Gasteiger partial charge in [-0.15, -0.1) is 21.5 Å². The van der Waals surface area contributed by atoms with Gasteiger partial charge in [0.25, 0.3) is 5.91 Å². The lowest BCUT2D eigenvalue weighted by molar-refractivity contribution is 0.0740. The van der Waals surface area contributed by atoms with Crippen LogP contribution >= 0.6 is 11.3 Å². The van der Waals surface area contributed by atoms with Gasteiger partial charge in [-0.05, 0) is 29.6 Å². The number of rotatable bonds is 4. The second-order valence-electron chi connectivity index (χ2n) is 6.51. The molecule has 146 valence electrons. The normalized spacial score (nSPS) is 14.3. The molecule has 4 aromatic heterocycles. The molecule has 0 aromatic carbocycles. The maximum atomic E-state index is 12.8. The smallest absolute Gasteiger partial charge is 0.274 e. The fraction of sp³-hybridized carbons (Fsp3) is 0.222. The minimum atomic E-state index is -0.0590. The van der Waals surface area contributed by atoms with E-state index in [-0.39, 0.29) is 5.91 Å². The molecule has 0 bridgehead atoms. The van der Waals surface area contributed by atoms with Crippen LogP contribution in [0.4, 0.5) is 5.82 Å². The molecule has 29 heavy (non-hydrogen) atoms. The first-order valence-corrected chi connectivity index (χ1v) is 9.98. The number of aromatic nitrogens is 7. The summed E-state index contributed by atoms with van der Waals surface area (Å²) >= 11 is 1.61. The second-order valence-corrected chi connectivity index (χ2v) is 7.46. The summed E-state index contributed by atoms with van der Waals surface area (Å²) in [6.45, 7) is 2.58. The van der Waals surface area contributed by atoms with E-state index in [1.165, 1.54) is 6.33 Å². The molecule has 0 unspecified atom stereocenters. The van der Waals surface area contributed by atoms with Gasteiger partial charge in [0.2, 0.25) is 0 Å². The summed E-state index contributed by atoms with van der Waals surface area (Å²) in [5, 5.41) is 21.7. The van der Waals surface area contributed by atoms with Crippen molar-refractivity contribution in [2.75, 3.05) is 31.1 Å². The summed E-state index contributed by atoms with van der Waals surface area (Å²) in [5.74, 6) is 1.33. The summed E-state index contributed by atoms with van der Waals surface area (Å²) in [7, 11) is 0. The molecule has 4 aromatic rings. The Balaban J connectivity index is 1.22. The lowest BCUT2D eigenvalue weighted by Crippen LogP contribution is -2.49. The summed E-state index contributed by atoms with van der Waals surface area (Å²) in [6, 6.07) is 9.55. The Morgan fingerprint density at radius 1 is 1.07 bits per heavy atom. The molecule has 1 amide bonds. The van der Waals surface area contributed by atoms with Gasteiger partial charge < -0.3 is 9.80 Å². The Bertz CT molecular complexity index is 1080. The van der Waals surface area contributed by atoms with E-state index >= 15 is 0 Å². The Kier molecular flexibility index (Phi) is 4.48. The topological polar surface area (TPSA) is 109 Å². The van der Waals surface area contributed by atoms with Crippen LogP contribution in [0.15, 0.2) is 48.4 Å². The molecule has 1 N–H and O–H groups in total. The number of amides is 1. The molecule has 0 atom stereocenters. The molecular formula is C18H17N9OS. The number of nitrogens with one attached hydrogen (secondary N) is 1. The zero-order valence-electron chi connectivity index (χ0n) is 15.3. The van der Waals surface area contributed by atoms with Crippen LogP contribution in [-0.4, -0.2) is 72.1 Å². The third-order valence-electron chi connectivity index (χ3n) is 4.76.